The fourth-order valence-electron chi connectivity index (χ4n) is 3.36. The quantitative estimate of drug-likeness (QED) is 0.705. The van der Waals surface area contributed by atoms with E-state index in [0.717, 1.165) is 42.4 Å². The Bertz CT molecular complexity index is 887. The van der Waals surface area contributed by atoms with E-state index in [4.69, 9.17) is 9.47 Å². The number of aryl methyl sites for hydroxylation is 3. The van der Waals surface area contributed by atoms with Gasteiger partial charge in [-0.05, 0) is 76.1 Å². The third-order valence-electron chi connectivity index (χ3n) is 4.90. The number of fused-ring (bicyclic) bond motifs is 1. The largest absolute Gasteiger partial charge is 0.481 e. The second-order valence-electron chi connectivity index (χ2n) is 7.15. The van der Waals surface area contributed by atoms with Gasteiger partial charge in [0.15, 0.2) is 6.10 Å². The van der Waals surface area contributed by atoms with Crippen molar-refractivity contribution in [2.75, 3.05) is 11.9 Å². The third kappa shape index (κ3) is 4.38. The number of nitrogens with one attached hydrogen (secondary N) is 1. The number of benzene rings is 1. The van der Waals surface area contributed by atoms with Crippen LogP contribution in [0.5, 0.6) is 5.75 Å². The van der Waals surface area contributed by atoms with Crippen LogP contribution in [0.1, 0.15) is 58.6 Å². The number of rotatable bonds is 6. The van der Waals surface area contributed by atoms with Crippen molar-refractivity contribution in [3.8, 4) is 5.75 Å². The van der Waals surface area contributed by atoms with Gasteiger partial charge in [-0.2, -0.15) is 0 Å². The van der Waals surface area contributed by atoms with Gasteiger partial charge in [-0.25, -0.2) is 4.79 Å². The molecule has 3 rings (SSSR count). The molecule has 1 aliphatic rings. The first-order chi connectivity index (χ1) is 13.4. The average Bonchev–Trinajstić information content (AvgIpc) is 3.02. The van der Waals surface area contributed by atoms with Crippen LogP contribution in [0.3, 0.4) is 0 Å². The molecular weight excluding hydrogens is 374 g/mol. The summed E-state index contributed by atoms with van der Waals surface area (Å²) < 4.78 is 11.1. The Morgan fingerprint density at radius 1 is 1.21 bits per heavy atom. The zero-order valence-corrected chi connectivity index (χ0v) is 17.7. The maximum absolute atomic E-state index is 12.8. The fourth-order valence-corrected chi connectivity index (χ4v) is 4.65. The van der Waals surface area contributed by atoms with E-state index in [0.29, 0.717) is 22.9 Å². The van der Waals surface area contributed by atoms with Crippen molar-refractivity contribution in [3.05, 3.63) is 45.3 Å². The highest BCUT2D eigenvalue weighted by Crippen LogP contribution is 2.38. The smallest absolute Gasteiger partial charge is 0.341 e. The van der Waals surface area contributed by atoms with E-state index in [-0.39, 0.29) is 11.9 Å². The molecule has 6 heteroatoms. The SMILES string of the molecule is CCOC(=O)c1c(NC(=O)C(C)Oc2cc(C)ccc2C)sc2c1CCCC2. The van der Waals surface area contributed by atoms with Gasteiger partial charge in [0.2, 0.25) is 0 Å². The van der Waals surface area contributed by atoms with Crippen molar-refractivity contribution >= 4 is 28.2 Å². The monoisotopic (exact) mass is 401 g/mol. The molecule has 0 saturated carbocycles. The summed E-state index contributed by atoms with van der Waals surface area (Å²) in [7, 11) is 0. The average molecular weight is 402 g/mol. The maximum Gasteiger partial charge on any atom is 0.341 e. The second-order valence-corrected chi connectivity index (χ2v) is 8.26. The molecule has 0 saturated heterocycles. The summed E-state index contributed by atoms with van der Waals surface area (Å²) in [5.74, 6) is 0.0593. The minimum Gasteiger partial charge on any atom is -0.481 e. The molecule has 5 nitrogen and oxygen atoms in total. The van der Waals surface area contributed by atoms with Crippen molar-refractivity contribution in [2.24, 2.45) is 0 Å². The van der Waals surface area contributed by atoms with Crippen LogP contribution >= 0.6 is 11.3 Å². The molecule has 1 heterocycles. The minimum atomic E-state index is -0.685. The zero-order chi connectivity index (χ0) is 20.3. The van der Waals surface area contributed by atoms with Crippen LogP contribution in [0, 0.1) is 13.8 Å². The molecule has 1 unspecified atom stereocenters. The number of hydrogen-bond acceptors (Lipinski definition) is 5. The van der Waals surface area contributed by atoms with Crippen molar-refractivity contribution < 1.29 is 19.1 Å². The highest BCUT2D eigenvalue weighted by Gasteiger charge is 2.28. The van der Waals surface area contributed by atoms with E-state index in [1.54, 1.807) is 13.8 Å². The van der Waals surface area contributed by atoms with Gasteiger partial charge in [0.1, 0.15) is 10.8 Å². The van der Waals surface area contributed by atoms with Crippen LogP contribution in [0.2, 0.25) is 0 Å². The summed E-state index contributed by atoms with van der Waals surface area (Å²) in [6.45, 7) is 7.75. The molecule has 0 aliphatic heterocycles. The Labute approximate surface area is 170 Å². The van der Waals surface area contributed by atoms with Crippen LogP contribution in [-0.2, 0) is 22.4 Å². The topological polar surface area (TPSA) is 64.6 Å². The normalized spacial score (nSPS) is 14.1. The van der Waals surface area contributed by atoms with Gasteiger partial charge in [0, 0.05) is 4.88 Å². The van der Waals surface area contributed by atoms with Gasteiger partial charge in [-0.3, -0.25) is 4.79 Å². The first-order valence-corrected chi connectivity index (χ1v) is 10.6. The van der Waals surface area contributed by atoms with Gasteiger partial charge >= 0.3 is 5.97 Å². The molecule has 150 valence electrons. The van der Waals surface area contributed by atoms with Crippen molar-refractivity contribution in [3.63, 3.8) is 0 Å². The van der Waals surface area contributed by atoms with Gasteiger partial charge in [0.25, 0.3) is 5.91 Å². The zero-order valence-electron chi connectivity index (χ0n) is 16.9. The first-order valence-electron chi connectivity index (χ1n) is 9.77. The summed E-state index contributed by atoms with van der Waals surface area (Å²) in [5, 5.41) is 3.49. The lowest BCUT2D eigenvalue weighted by Gasteiger charge is -2.17. The van der Waals surface area contributed by atoms with Crippen LogP contribution in [0.15, 0.2) is 18.2 Å². The number of anilines is 1. The number of carbonyl (C=O) groups excluding carboxylic acids is 2. The standard InChI is InChI=1S/C22H27NO4S/c1-5-26-22(25)19-16-8-6-7-9-18(16)28-21(19)23-20(24)15(4)27-17-12-13(2)10-11-14(17)3/h10-12,15H,5-9H2,1-4H3,(H,23,24). The number of esters is 1. The Hall–Kier alpha value is -2.34. The van der Waals surface area contributed by atoms with E-state index in [9.17, 15) is 9.59 Å². The number of thiophene rings is 1. The molecule has 1 aromatic heterocycles. The summed E-state index contributed by atoms with van der Waals surface area (Å²) in [4.78, 5) is 26.5. The number of carbonyl (C=O) groups is 2. The van der Waals surface area contributed by atoms with Crippen LogP contribution in [0.25, 0.3) is 0 Å². The highest BCUT2D eigenvalue weighted by atomic mass is 32.1. The third-order valence-corrected chi connectivity index (χ3v) is 6.11. The molecule has 1 atom stereocenters. The van der Waals surface area contributed by atoms with Gasteiger partial charge in [-0.1, -0.05) is 12.1 Å². The lowest BCUT2D eigenvalue weighted by atomic mass is 9.95. The molecule has 1 amide bonds. The molecular formula is C22H27NO4S. The van der Waals surface area contributed by atoms with E-state index < -0.39 is 6.10 Å². The molecule has 0 bridgehead atoms. The van der Waals surface area contributed by atoms with E-state index in [2.05, 4.69) is 5.32 Å². The van der Waals surface area contributed by atoms with E-state index >= 15 is 0 Å². The Balaban J connectivity index is 1.80. The number of hydrogen-bond donors (Lipinski definition) is 1. The molecule has 28 heavy (non-hydrogen) atoms. The van der Waals surface area contributed by atoms with Crippen molar-refractivity contribution in [1.29, 1.82) is 0 Å². The van der Waals surface area contributed by atoms with Crippen LogP contribution in [0.4, 0.5) is 5.00 Å². The highest BCUT2D eigenvalue weighted by molar-refractivity contribution is 7.17. The predicted octanol–water partition coefficient (Wildman–Crippen LogP) is 4.83. The van der Waals surface area contributed by atoms with Crippen molar-refractivity contribution in [1.82, 2.24) is 0 Å². The summed E-state index contributed by atoms with van der Waals surface area (Å²) in [6, 6.07) is 5.91. The van der Waals surface area contributed by atoms with Crippen molar-refractivity contribution in [2.45, 2.75) is 59.5 Å². The Kier molecular flexibility index (Phi) is 6.39. The lowest BCUT2D eigenvalue weighted by molar-refractivity contribution is -0.122. The Morgan fingerprint density at radius 2 is 1.96 bits per heavy atom. The first kappa shape index (κ1) is 20.4. The predicted molar refractivity (Wildman–Crippen MR) is 112 cm³/mol. The molecule has 0 radical (unpaired) electrons. The molecule has 0 fully saturated rings. The fraction of sp³-hybridized carbons (Fsp3) is 0.455. The lowest BCUT2D eigenvalue weighted by Crippen LogP contribution is -2.30. The summed E-state index contributed by atoms with van der Waals surface area (Å²) in [6.07, 6.45) is 3.27. The molecule has 2 aromatic rings. The van der Waals surface area contributed by atoms with Crippen LogP contribution in [-0.4, -0.2) is 24.6 Å². The van der Waals surface area contributed by atoms with E-state index in [1.807, 2.05) is 32.0 Å². The number of amides is 1. The molecule has 1 aliphatic carbocycles. The van der Waals surface area contributed by atoms with E-state index in [1.165, 1.54) is 16.2 Å². The van der Waals surface area contributed by atoms with Crippen LogP contribution < -0.4 is 10.1 Å². The van der Waals surface area contributed by atoms with Gasteiger partial charge in [0.05, 0.1) is 12.2 Å². The molecule has 0 spiro atoms. The van der Waals surface area contributed by atoms with Gasteiger partial charge < -0.3 is 14.8 Å². The number of ether oxygens (including phenoxy) is 2. The Morgan fingerprint density at radius 3 is 2.71 bits per heavy atom. The maximum atomic E-state index is 12.8. The minimum absolute atomic E-state index is 0.273. The van der Waals surface area contributed by atoms with Gasteiger partial charge in [-0.15, -0.1) is 11.3 Å². The second kappa shape index (κ2) is 8.78. The molecule has 1 aromatic carbocycles. The summed E-state index contributed by atoms with van der Waals surface area (Å²) >= 11 is 1.49. The summed E-state index contributed by atoms with van der Waals surface area (Å²) in [5.41, 5.74) is 3.61. The molecule has 1 N–H and O–H groups in total.